The number of carbonyl (C=O) groups excluding carboxylic acids is 5. The molecule has 0 aromatic heterocycles. The van der Waals surface area contributed by atoms with Crippen LogP contribution in [0.1, 0.15) is 61.2 Å². The molecule has 1 atom stereocenters. The van der Waals surface area contributed by atoms with Crippen molar-refractivity contribution in [2.45, 2.75) is 39.7 Å². The number of allylic oxidation sites excluding steroid dienone is 4. The Morgan fingerprint density at radius 2 is 1.53 bits per heavy atom. The number of carbonyl (C=O) groups is 5. The third-order valence-corrected chi connectivity index (χ3v) is 9.33. The molecular weight excluding hydrogens is 628 g/mol. The van der Waals surface area contributed by atoms with Gasteiger partial charge in [-0.15, -0.1) is 0 Å². The lowest BCUT2D eigenvalue weighted by Crippen LogP contribution is -2.40. The van der Waals surface area contributed by atoms with Gasteiger partial charge in [-0.25, -0.2) is 9.59 Å². The van der Waals surface area contributed by atoms with Crippen LogP contribution in [0.4, 0.5) is 4.79 Å². The van der Waals surface area contributed by atoms with E-state index in [0.29, 0.717) is 39.0 Å². The summed E-state index contributed by atoms with van der Waals surface area (Å²) < 4.78 is 17.9. The second kappa shape index (κ2) is 12.1. The summed E-state index contributed by atoms with van der Waals surface area (Å²) in [5, 5.41) is 10.2. The van der Waals surface area contributed by atoms with Crippen LogP contribution < -0.4 is 9.47 Å². The SMILES string of the molecule is CC1=CC(=O)C(C)=C(C(C)(C)CC(=O)N(C)CCN(C)C(=O)Oc2ccc3c(c2)Oc2cc(O)ccc2C32OC(=O)c3ccccc32)C1=O. The molecule has 1 aliphatic carbocycles. The fraction of sp³-hybridized carbons (Fsp3) is 0.289. The molecule has 2 amide bonds. The number of amides is 2. The maximum atomic E-state index is 13.2. The van der Waals surface area contributed by atoms with Crippen LogP contribution in [0.3, 0.4) is 0 Å². The van der Waals surface area contributed by atoms with Crippen molar-refractivity contribution in [3.63, 3.8) is 0 Å². The lowest BCUT2D eigenvalue weighted by molar-refractivity contribution is -0.132. The molecule has 0 saturated heterocycles. The predicted molar refractivity (Wildman–Crippen MR) is 178 cm³/mol. The van der Waals surface area contributed by atoms with E-state index >= 15 is 0 Å². The first kappa shape index (κ1) is 33.2. The number of likely N-dealkylation sites (N-methyl/N-ethyl adjacent to an activating group) is 2. The van der Waals surface area contributed by atoms with Crippen molar-refractivity contribution in [1.82, 2.24) is 9.80 Å². The van der Waals surface area contributed by atoms with Gasteiger partial charge in [0.1, 0.15) is 23.0 Å². The molecule has 11 nitrogen and oxygen atoms in total. The van der Waals surface area contributed by atoms with Gasteiger partial charge in [0.05, 0.1) is 5.56 Å². The van der Waals surface area contributed by atoms with Gasteiger partial charge in [-0.1, -0.05) is 32.0 Å². The van der Waals surface area contributed by atoms with Crippen molar-refractivity contribution in [3.8, 4) is 23.0 Å². The predicted octanol–water partition coefficient (Wildman–Crippen LogP) is 5.68. The van der Waals surface area contributed by atoms with E-state index < -0.39 is 23.1 Å². The molecule has 252 valence electrons. The second-order valence-electron chi connectivity index (χ2n) is 13.2. The summed E-state index contributed by atoms with van der Waals surface area (Å²) in [7, 11) is 3.15. The zero-order chi connectivity index (χ0) is 35.4. The van der Waals surface area contributed by atoms with Crippen LogP contribution in [0, 0.1) is 5.41 Å². The molecule has 2 aliphatic heterocycles. The first-order valence-corrected chi connectivity index (χ1v) is 15.8. The van der Waals surface area contributed by atoms with Gasteiger partial charge in [-0.3, -0.25) is 14.4 Å². The molecular formula is C38H36N2O9. The summed E-state index contributed by atoms with van der Waals surface area (Å²) in [5.41, 5.74) is 0.926. The highest BCUT2D eigenvalue weighted by molar-refractivity contribution is 6.23. The molecule has 1 N–H and O–H groups in total. The highest BCUT2D eigenvalue weighted by Crippen LogP contribution is 2.57. The minimum Gasteiger partial charge on any atom is -0.508 e. The molecule has 1 spiro atoms. The summed E-state index contributed by atoms with van der Waals surface area (Å²) in [6, 6.07) is 16.4. The van der Waals surface area contributed by atoms with Crippen molar-refractivity contribution in [2.75, 3.05) is 27.2 Å². The van der Waals surface area contributed by atoms with Gasteiger partial charge in [0.25, 0.3) is 0 Å². The number of ether oxygens (including phenoxy) is 3. The second-order valence-corrected chi connectivity index (χ2v) is 13.2. The summed E-state index contributed by atoms with van der Waals surface area (Å²) in [6.45, 7) is 7.07. The molecule has 1 unspecified atom stereocenters. The molecule has 3 aromatic carbocycles. The topological polar surface area (TPSA) is 140 Å². The van der Waals surface area contributed by atoms with E-state index in [1.165, 1.54) is 41.1 Å². The minimum atomic E-state index is -1.33. The van der Waals surface area contributed by atoms with Crippen LogP contribution >= 0.6 is 0 Å². The number of hydrogen-bond acceptors (Lipinski definition) is 9. The van der Waals surface area contributed by atoms with E-state index in [9.17, 15) is 29.1 Å². The third-order valence-electron chi connectivity index (χ3n) is 9.33. The molecule has 3 aromatic rings. The molecule has 0 fully saturated rings. The fourth-order valence-corrected chi connectivity index (χ4v) is 6.68. The summed E-state index contributed by atoms with van der Waals surface area (Å²) in [4.78, 5) is 67.4. The van der Waals surface area contributed by atoms with Crippen molar-refractivity contribution in [3.05, 3.63) is 106 Å². The van der Waals surface area contributed by atoms with E-state index in [4.69, 9.17) is 14.2 Å². The standard InChI is InChI=1S/C38H36N2O9/c1-21-17-29(42)22(2)33(34(21)44)37(3,4)20-32(43)39(5)15-16-40(6)36(46)47-24-12-14-28-31(19-24)48-30-18-23(41)11-13-27(30)38(28)26-10-8-7-9-25(26)35(45)49-38/h7-14,17-19,41H,15-16,20H2,1-6H3. The number of Topliss-reactive ketones (excluding diaryl/α,β-unsaturated/α-hetero) is 1. The maximum absolute atomic E-state index is 13.2. The van der Waals surface area contributed by atoms with Gasteiger partial charge >= 0.3 is 12.1 Å². The monoisotopic (exact) mass is 664 g/mol. The van der Waals surface area contributed by atoms with Crippen LogP contribution in [0.2, 0.25) is 0 Å². The Morgan fingerprint density at radius 1 is 0.878 bits per heavy atom. The molecule has 3 aliphatic rings. The molecule has 49 heavy (non-hydrogen) atoms. The third kappa shape index (κ3) is 5.64. The van der Waals surface area contributed by atoms with E-state index in [2.05, 4.69) is 0 Å². The van der Waals surface area contributed by atoms with E-state index in [1.807, 2.05) is 12.1 Å². The molecule has 0 radical (unpaired) electrons. The van der Waals surface area contributed by atoms with Crippen molar-refractivity contribution in [1.29, 1.82) is 0 Å². The number of rotatable bonds is 7. The van der Waals surface area contributed by atoms with E-state index in [0.717, 1.165) is 0 Å². The molecule has 6 rings (SSSR count). The number of fused-ring (bicyclic) bond motifs is 6. The molecule has 2 heterocycles. The number of hydrogen-bond donors (Lipinski definition) is 1. The largest absolute Gasteiger partial charge is 0.508 e. The Balaban J connectivity index is 1.14. The fourth-order valence-electron chi connectivity index (χ4n) is 6.68. The van der Waals surface area contributed by atoms with Crippen molar-refractivity contribution < 1.29 is 43.3 Å². The number of benzene rings is 3. The normalized spacial score (nSPS) is 17.8. The van der Waals surface area contributed by atoms with Gasteiger partial charge < -0.3 is 29.1 Å². The van der Waals surface area contributed by atoms with Crippen LogP contribution in [-0.2, 0) is 24.7 Å². The Bertz CT molecular complexity index is 2020. The number of esters is 1. The lowest BCUT2D eigenvalue weighted by atomic mass is 9.72. The Kier molecular flexibility index (Phi) is 8.18. The number of phenolic OH excluding ortho intramolecular Hbond substituents is 1. The van der Waals surface area contributed by atoms with Crippen molar-refractivity contribution >= 4 is 29.5 Å². The highest BCUT2D eigenvalue weighted by atomic mass is 16.6. The Hall–Kier alpha value is -5.71. The van der Waals surface area contributed by atoms with Gasteiger partial charge in [0.2, 0.25) is 5.91 Å². The van der Waals surface area contributed by atoms with Gasteiger partial charge in [0, 0.05) is 84.6 Å². The van der Waals surface area contributed by atoms with Crippen LogP contribution in [0.25, 0.3) is 0 Å². The Morgan fingerprint density at radius 3 is 2.27 bits per heavy atom. The van der Waals surface area contributed by atoms with Crippen LogP contribution in [0.5, 0.6) is 23.0 Å². The molecule has 11 heteroatoms. The lowest BCUT2D eigenvalue weighted by Gasteiger charge is -2.36. The summed E-state index contributed by atoms with van der Waals surface area (Å²) >= 11 is 0. The summed E-state index contributed by atoms with van der Waals surface area (Å²) in [5.74, 6) is -0.532. The van der Waals surface area contributed by atoms with Gasteiger partial charge in [-0.2, -0.15) is 0 Å². The van der Waals surface area contributed by atoms with Gasteiger partial charge in [-0.05, 0) is 50.3 Å². The quantitative estimate of drug-likeness (QED) is 0.250. The molecule has 0 saturated carbocycles. The minimum absolute atomic E-state index is 0.00601. The first-order chi connectivity index (χ1) is 23.1. The zero-order valence-corrected chi connectivity index (χ0v) is 28.1. The average Bonchev–Trinajstić information content (AvgIpc) is 3.34. The smallest absolute Gasteiger partial charge is 0.415 e. The number of nitrogens with zero attached hydrogens (tertiary/aromatic N) is 2. The Labute approximate surface area is 283 Å². The number of ketones is 2. The first-order valence-electron chi connectivity index (χ1n) is 15.8. The van der Waals surface area contributed by atoms with Gasteiger partial charge in [0.15, 0.2) is 17.2 Å². The summed E-state index contributed by atoms with van der Waals surface area (Å²) in [6.07, 6.45) is 0.634. The number of aromatic hydroxyl groups is 1. The van der Waals surface area contributed by atoms with Crippen molar-refractivity contribution in [2.24, 2.45) is 5.41 Å². The average molecular weight is 665 g/mol. The van der Waals surface area contributed by atoms with E-state index in [1.54, 1.807) is 65.1 Å². The van der Waals surface area contributed by atoms with Crippen LogP contribution in [-0.4, -0.2) is 71.6 Å². The maximum Gasteiger partial charge on any atom is 0.415 e. The number of phenols is 1. The highest BCUT2D eigenvalue weighted by Gasteiger charge is 2.53. The molecule has 0 bridgehead atoms. The zero-order valence-electron chi connectivity index (χ0n) is 28.1. The van der Waals surface area contributed by atoms with Crippen LogP contribution in [0.15, 0.2) is 83.5 Å². The van der Waals surface area contributed by atoms with E-state index in [-0.39, 0.29) is 60.0 Å².